The minimum absolute atomic E-state index is 0.327. The van der Waals surface area contributed by atoms with Gasteiger partial charge in [0.05, 0.1) is 5.69 Å². The maximum absolute atomic E-state index is 13.5. The molecule has 0 amide bonds. The van der Waals surface area contributed by atoms with Crippen LogP contribution in [0.5, 0.6) is 5.75 Å². The highest BCUT2D eigenvalue weighted by Gasteiger charge is 2.09. The van der Waals surface area contributed by atoms with E-state index in [4.69, 9.17) is 9.15 Å². The number of hydrogen-bond acceptors (Lipinski definition) is 4. The third kappa shape index (κ3) is 4.57. The number of aromatic nitrogens is 1. The normalized spacial score (nSPS) is 11.3. The van der Waals surface area contributed by atoms with Gasteiger partial charge in [-0.2, -0.15) is 0 Å². The molecule has 1 aromatic heterocycles. The lowest BCUT2D eigenvalue weighted by atomic mass is 10.2. The van der Waals surface area contributed by atoms with E-state index in [1.165, 1.54) is 12.1 Å². The van der Waals surface area contributed by atoms with E-state index >= 15 is 0 Å². The topological polar surface area (TPSA) is 47.6 Å². The molecule has 0 fully saturated rings. The van der Waals surface area contributed by atoms with E-state index < -0.39 is 0 Å². The molecule has 0 saturated heterocycles. The number of halogens is 1. The first-order chi connectivity index (χ1) is 15.7. The van der Waals surface area contributed by atoms with Gasteiger partial charge in [0.15, 0.2) is 5.58 Å². The fraction of sp³-hybridized carbons (Fsp3) is 0.0370. The maximum atomic E-state index is 13.5. The van der Waals surface area contributed by atoms with Gasteiger partial charge in [0.2, 0.25) is 5.89 Å². The van der Waals surface area contributed by atoms with Crippen molar-refractivity contribution in [2.75, 3.05) is 0 Å². The molecule has 0 atom stereocenters. The maximum Gasteiger partial charge on any atom is 0.227 e. The van der Waals surface area contributed by atoms with Crippen LogP contribution in [0.25, 0.3) is 22.6 Å². The second-order valence-electron chi connectivity index (χ2n) is 7.28. The van der Waals surface area contributed by atoms with Gasteiger partial charge in [-0.1, -0.05) is 36.4 Å². The molecule has 0 bridgehead atoms. The van der Waals surface area contributed by atoms with Crippen molar-refractivity contribution in [1.29, 1.82) is 0 Å². The van der Waals surface area contributed by atoms with Gasteiger partial charge >= 0.3 is 0 Å². The van der Waals surface area contributed by atoms with Crippen molar-refractivity contribution < 1.29 is 13.5 Å². The molecule has 1 heterocycles. The highest BCUT2D eigenvalue weighted by Crippen LogP contribution is 2.27. The number of ether oxygens (including phenoxy) is 1. The van der Waals surface area contributed by atoms with Gasteiger partial charge < -0.3 is 9.15 Å². The first kappa shape index (κ1) is 19.7. The Morgan fingerprint density at radius 1 is 0.875 bits per heavy atom. The van der Waals surface area contributed by atoms with E-state index in [1.807, 2.05) is 72.8 Å². The van der Waals surface area contributed by atoms with Gasteiger partial charge in [-0.25, -0.2) is 9.37 Å². The van der Waals surface area contributed by atoms with Gasteiger partial charge in [-0.15, -0.1) is 0 Å². The van der Waals surface area contributed by atoms with E-state index in [2.05, 4.69) is 9.98 Å². The lowest BCUT2D eigenvalue weighted by Crippen LogP contribution is -1.94. The SMILES string of the molecule is Fc1cccc(-c2nc3cc(N=Cc4ccc(OCc5ccccc5)cc4)ccc3o2)c1. The van der Waals surface area contributed by atoms with Crippen LogP contribution in [-0.2, 0) is 6.61 Å². The number of fused-ring (bicyclic) bond motifs is 1. The van der Waals surface area contributed by atoms with Crippen LogP contribution in [0.4, 0.5) is 10.1 Å². The molecule has 0 radical (unpaired) electrons. The Kier molecular flexibility index (Phi) is 5.45. The number of hydrogen-bond donors (Lipinski definition) is 0. The van der Waals surface area contributed by atoms with Crippen molar-refractivity contribution in [1.82, 2.24) is 4.98 Å². The molecule has 0 N–H and O–H groups in total. The highest BCUT2D eigenvalue weighted by molar-refractivity contribution is 5.84. The third-order valence-corrected chi connectivity index (χ3v) is 4.93. The summed E-state index contributed by atoms with van der Waals surface area (Å²) in [6.45, 7) is 0.531. The van der Waals surface area contributed by atoms with Crippen LogP contribution in [0.3, 0.4) is 0 Å². The smallest absolute Gasteiger partial charge is 0.227 e. The summed E-state index contributed by atoms with van der Waals surface area (Å²) in [5.41, 5.74) is 4.73. The van der Waals surface area contributed by atoms with Gasteiger partial charge in [-0.05, 0) is 71.8 Å². The summed E-state index contributed by atoms with van der Waals surface area (Å²) in [6, 6.07) is 29.5. The average Bonchev–Trinajstić information content (AvgIpc) is 3.26. The number of benzene rings is 4. The van der Waals surface area contributed by atoms with E-state index in [-0.39, 0.29) is 5.82 Å². The van der Waals surface area contributed by atoms with Crippen LogP contribution in [0.2, 0.25) is 0 Å². The standard InChI is InChI=1S/C27H19FN2O2/c28-22-8-4-7-21(15-22)27-30-25-16-23(11-14-26(25)32-27)29-17-19-9-12-24(13-10-19)31-18-20-5-2-1-3-6-20/h1-17H,18H2. The minimum Gasteiger partial charge on any atom is -0.489 e. The Morgan fingerprint density at radius 2 is 1.72 bits per heavy atom. The largest absolute Gasteiger partial charge is 0.489 e. The Morgan fingerprint density at radius 3 is 2.53 bits per heavy atom. The van der Waals surface area contributed by atoms with Crippen LogP contribution < -0.4 is 4.74 Å². The van der Waals surface area contributed by atoms with Gasteiger partial charge in [0, 0.05) is 11.8 Å². The molecule has 156 valence electrons. The predicted octanol–water partition coefficient (Wildman–Crippen LogP) is 6.96. The number of rotatable bonds is 6. The zero-order valence-electron chi connectivity index (χ0n) is 17.1. The molecule has 32 heavy (non-hydrogen) atoms. The Bertz CT molecular complexity index is 1380. The Labute approximate surface area is 184 Å². The van der Waals surface area contributed by atoms with Crippen molar-refractivity contribution in [2.45, 2.75) is 6.61 Å². The second kappa shape index (κ2) is 8.86. The summed E-state index contributed by atoms with van der Waals surface area (Å²) in [7, 11) is 0. The van der Waals surface area contributed by atoms with Crippen molar-refractivity contribution in [3.05, 3.63) is 114 Å². The van der Waals surface area contributed by atoms with Crippen LogP contribution in [0.15, 0.2) is 106 Å². The van der Waals surface area contributed by atoms with Crippen LogP contribution >= 0.6 is 0 Å². The molecule has 5 aromatic rings. The van der Waals surface area contributed by atoms with Crippen molar-refractivity contribution in [2.24, 2.45) is 4.99 Å². The monoisotopic (exact) mass is 422 g/mol. The lowest BCUT2D eigenvalue weighted by Gasteiger charge is -2.06. The van der Waals surface area contributed by atoms with E-state index in [1.54, 1.807) is 18.3 Å². The minimum atomic E-state index is -0.327. The zero-order valence-corrected chi connectivity index (χ0v) is 17.1. The molecule has 5 heteroatoms. The number of aliphatic imine (C=N–C) groups is 1. The van der Waals surface area contributed by atoms with E-state index in [9.17, 15) is 4.39 Å². The van der Waals surface area contributed by atoms with Gasteiger partial charge in [0.1, 0.15) is 23.7 Å². The Balaban J connectivity index is 1.28. The molecule has 0 aliphatic carbocycles. The van der Waals surface area contributed by atoms with Crippen molar-refractivity contribution in [3.63, 3.8) is 0 Å². The predicted molar refractivity (Wildman–Crippen MR) is 124 cm³/mol. The number of nitrogens with zero attached hydrogens (tertiary/aromatic N) is 2. The second-order valence-corrected chi connectivity index (χ2v) is 7.28. The summed E-state index contributed by atoms with van der Waals surface area (Å²) in [5, 5.41) is 0. The van der Waals surface area contributed by atoms with Gasteiger partial charge in [-0.3, -0.25) is 4.99 Å². The van der Waals surface area contributed by atoms with E-state index in [0.717, 1.165) is 22.6 Å². The molecule has 4 aromatic carbocycles. The molecule has 4 nitrogen and oxygen atoms in total. The summed E-state index contributed by atoms with van der Waals surface area (Å²) in [6.07, 6.45) is 1.79. The zero-order chi connectivity index (χ0) is 21.8. The highest BCUT2D eigenvalue weighted by atomic mass is 19.1. The molecule has 0 spiro atoms. The van der Waals surface area contributed by atoms with Crippen LogP contribution in [0.1, 0.15) is 11.1 Å². The average molecular weight is 422 g/mol. The Hall–Kier alpha value is -4.25. The summed E-state index contributed by atoms with van der Waals surface area (Å²) in [4.78, 5) is 9.01. The molecule has 0 unspecified atom stereocenters. The molecule has 0 aliphatic heterocycles. The first-order valence-electron chi connectivity index (χ1n) is 10.2. The van der Waals surface area contributed by atoms with Crippen molar-refractivity contribution in [3.8, 4) is 17.2 Å². The molecule has 5 rings (SSSR count). The number of oxazole rings is 1. The summed E-state index contributed by atoms with van der Waals surface area (Å²) >= 11 is 0. The van der Waals surface area contributed by atoms with Crippen LogP contribution in [0, 0.1) is 5.82 Å². The fourth-order valence-electron chi connectivity index (χ4n) is 3.28. The van der Waals surface area contributed by atoms with E-state index in [0.29, 0.717) is 29.2 Å². The van der Waals surface area contributed by atoms with Gasteiger partial charge in [0.25, 0.3) is 0 Å². The lowest BCUT2D eigenvalue weighted by molar-refractivity contribution is 0.306. The molecular formula is C27H19FN2O2. The summed E-state index contributed by atoms with van der Waals surface area (Å²) < 4.78 is 25.1. The summed E-state index contributed by atoms with van der Waals surface area (Å²) in [5.74, 6) is 0.859. The quantitative estimate of drug-likeness (QED) is 0.278. The fourth-order valence-corrected chi connectivity index (χ4v) is 3.28. The first-order valence-corrected chi connectivity index (χ1v) is 10.2. The van der Waals surface area contributed by atoms with Crippen molar-refractivity contribution >= 4 is 23.0 Å². The molecular weight excluding hydrogens is 403 g/mol. The molecule has 0 aliphatic rings. The molecule has 0 saturated carbocycles. The third-order valence-electron chi connectivity index (χ3n) is 4.93. The van der Waals surface area contributed by atoms with Crippen LogP contribution in [-0.4, -0.2) is 11.2 Å².